The lowest BCUT2D eigenvalue weighted by Gasteiger charge is -2.08. The second kappa shape index (κ2) is 10.4. The van der Waals surface area contributed by atoms with Crippen LogP contribution in [0.3, 0.4) is 0 Å². The number of ketones is 1. The van der Waals surface area contributed by atoms with Crippen molar-refractivity contribution < 1.29 is 19.1 Å². The lowest BCUT2D eigenvalue weighted by atomic mass is 10.0. The van der Waals surface area contributed by atoms with Gasteiger partial charge in [0, 0.05) is 18.1 Å². The number of unbranched alkanes of at least 4 members (excludes halogenated alkanes) is 4. The molecule has 0 heterocycles. The highest BCUT2D eigenvalue weighted by Crippen LogP contribution is 2.19. The lowest BCUT2D eigenvalue weighted by molar-refractivity contribution is -0.131. The smallest absolute Gasteiger partial charge is 0.308 e. The molecule has 0 bridgehead atoms. The molecule has 0 saturated carbocycles. The quantitative estimate of drug-likeness (QED) is 0.255. The summed E-state index contributed by atoms with van der Waals surface area (Å²) in [7, 11) is 0. The second-order valence-electron chi connectivity index (χ2n) is 6.24. The van der Waals surface area contributed by atoms with Crippen molar-refractivity contribution >= 4 is 11.8 Å². The SMILES string of the molecule is CCCCCCCOc1ccc(C(=O)c2cccc(OC(C)=O)c2)cc1. The monoisotopic (exact) mass is 354 g/mol. The molecule has 0 N–H and O–H groups in total. The number of hydrogen-bond donors (Lipinski definition) is 0. The van der Waals surface area contributed by atoms with E-state index in [1.807, 2.05) is 12.1 Å². The van der Waals surface area contributed by atoms with E-state index < -0.39 is 5.97 Å². The lowest BCUT2D eigenvalue weighted by Crippen LogP contribution is -2.05. The van der Waals surface area contributed by atoms with Gasteiger partial charge in [-0.25, -0.2) is 0 Å². The number of ether oxygens (including phenoxy) is 2. The zero-order valence-corrected chi connectivity index (χ0v) is 15.5. The Hall–Kier alpha value is -2.62. The Kier molecular flexibility index (Phi) is 7.87. The molecule has 2 aromatic carbocycles. The highest BCUT2D eigenvalue weighted by molar-refractivity contribution is 6.09. The van der Waals surface area contributed by atoms with Gasteiger partial charge in [0.2, 0.25) is 0 Å². The van der Waals surface area contributed by atoms with Crippen LogP contribution in [-0.2, 0) is 4.79 Å². The molecular weight excluding hydrogens is 328 g/mol. The van der Waals surface area contributed by atoms with Crippen molar-refractivity contribution in [1.82, 2.24) is 0 Å². The number of benzene rings is 2. The molecule has 138 valence electrons. The van der Waals surface area contributed by atoms with E-state index in [4.69, 9.17) is 9.47 Å². The molecule has 0 amide bonds. The summed E-state index contributed by atoms with van der Waals surface area (Å²) in [6.07, 6.45) is 5.99. The molecule has 0 radical (unpaired) electrons. The maximum atomic E-state index is 12.6. The van der Waals surface area contributed by atoms with E-state index in [1.54, 1.807) is 36.4 Å². The molecule has 0 aliphatic rings. The maximum Gasteiger partial charge on any atom is 0.308 e. The summed E-state index contributed by atoms with van der Waals surface area (Å²) in [6.45, 7) is 4.23. The van der Waals surface area contributed by atoms with Crippen LogP contribution in [0.15, 0.2) is 48.5 Å². The van der Waals surface area contributed by atoms with Gasteiger partial charge < -0.3 is 9.47 Å². The minimum absolute atomic E-state index is 0.120. The fourth-order valence-corrected chi connectivity index (χ4v) is 2.63. The van der Waals surface area contributed by atoms with Crippen molar-refractivity contribution in [2.45, 2.75) is 46.0 Å². The number of carbonyl (C=O) groups is 2. The van der Waals surface area contributed by atoms with E-state index in [-0.39, 0.29) is 5.78 Å². The van der Waals surface area contributed by atoms with E-state index in [9.17, 15) is 9.59 Å². The Morgan fingerprint density at radius 1 is 0.846 bits per heavy atom. The van der Waals surface area contributed by atoms with Gasteiger partial charge in [0.1, 0.15) is 11.5 Å². The Balaban J connectivity index is 1.91. The van der Waals surface area contributed by atoms with Crippen LogP contribution in [0.4, 0.5) is 0 Å². The van der Waals surface area contributed by atoms with Crippen molar-refractivity contribution in [3.8, 4) is 11.5 Å². The first kappa shape index (κ1) is 19.7. The van der Waals surface area contributed by atoms with Gasteiger partial charge >= 0.3 is 5.97 Å². The largest absolute Gasteiger partial charge is 0.494 e. The van der Waals surface area contributed by atoms with Crippen LogP contribution >= 0.6 is 0 Å². The highest BCUT2D eigenvalue weighted by Gasteiger charge is 2.11. The Morgan fingerprint density at radius 2 is 1.58 bits per heavy atom. The standard InChI is InChI=1S/C22H26O4/c1-3-4-5-6-7-15-25-20-13-11-18(12-14-20)22(24)19-9-8-10-21(16-19)26-17(2)23/h8-14,16H,3-7,15H2,1-2H3. The highest BCUT2D eigenvalue weighted by atomic mass is 16.5. The normalized spacial score (nSPS) is 10.4. The van der Waals surface area contributed by atoms with E-state index >= 15 is 0 Å². The molecule has 0 fully saturated rings. The van der Waals surface area contributed by atoms with Crippen molar-refractivity contribution in [2.24, 2.45) is 0 Å². The van der Waals surface area contributed by atoms with Crippen LogP contribution in [0.25, 0.3) is 0 Å². The van der Waals surface area contributed by atoms with Gasteiger partial charge in [0.25, 0.3) is 0 Å². The molecule has 2 aromatic rings. The van der Waals surface area contributed by atoms with Gasteiger partial charge in [0.05, 0.1) is 6.61 Å². The molecule has 0 unspecified atom stereocenters. The van der Waals surface area contributed by atoms with Gasteiger partial charge in [-0.2, -0.15) is 0 Å². The van der Waals surface area contributed by atoms with Crippen LogP contribution in [0.1, 0.15) is 61.9 Å². The second-order valence-corrected chi connectivity index (χ2v) is 6.24. The van der Waals surface area contributed by atoms with Crippen molar-refractivity contribution in [2.75, 3.05) is 6.61 Å². The number of esters is 1. The average molecular weight is 354 g/mol. The molecule has 0 aliphatic carbocycles. The first-order chi connectivity index (χ1) is 12.6. The van der Waals surface area contributed by atoms with Crippen LogP contribution in [-0.4, -0.2) is 18.4 Å². The van der Waals surface area contributed by atoms with Crippen LogP contribution in [0, 0.1) is 0 Å². The summed E-state index contributed by atoms with van der Waals surface area (Å²) in [4.78, 5) is 23.6. The Morgan fingerprint density at radius 3 is 2.27 bits per heavy atom. The molecule has 4 heteroatoms. The van der Waals surface area contributed by atoms with Crippen LogP contribution in [0.2, 0.25) is 0 Å². The van der Waals surface area contributed by atoms with Crippen molar-refractivity contribution in [1.29, 1.82) is 0 Å². The first-order valence-corrected chi connectivity index (χ1v) is 9.16. The fraction of sp³-hybridized carbons (Fsp3) is 0.364. The van der Waals surface area contributed by atoms with Gasteiger partial charge in [-0.3, -0.25) is 9.59 Å². The molecule has 0 saturated heterocycles. The topological polar surface area (TPSA) is 52.6 Å². The number of carbonyl (C=O) groups excluding carboxylic acids is 2. The summed E-state index contributed by atoms with van der Waals surface area (Å²) in [6, 6.07) is 13.8. The number of hydrogen-bond acceptors (Lipinski definition) is 4. The summed E-state index contributed by atoms with van der Waals surface area (Å²) >= 11 is 0. The van der Waals surface area contributed by atoms with Gasteiger partial charge in [-0.05, 0) is 42.8 Å². The van der Waals surface area contributed by atoms with Crippen LogP contribution in [0.5, 0.6) is 11.5 Å². The minimum atomic E-state index is -0.411. The van der Waals surface area contributed by atoms with Crippen molar-refractivity contribution in [3.05, 3.63) is 59.7 Å². The molecule has 0 atom stereocenters. The zero-order chi connectivity index (χ0) is 18.8. The average Bonchev–Trinajstić information content (AvgIpc) is 2.64. The summed E-state index contributed by atoms with van der Waals surface area (Å²) in [5.41, 5.74) is 1.05. The fourth-order valence-electron chi connectivity index (χ4n) is 2.63. The Labute approximate surface area is 155 Å². The van der Waals surface area contributed by atoms with E-state index in [0.29, 0.717) is 23.5 Å². The first-order valence-electron chi connectivity index (χ1n) is 9.16. The summed E-state index contributed by atoms with van der Waals surface area (Å²) < 4.78 is 10.7. The molecule has 2 rings (SSSR count). The predicted molar refractivity (Wildman–Crippen MR) is 102 cm³/mol. The summed E-state index contributed by atoms with van der Waals surface area (Å²) in [5.74, 6) is 0.605. The molecule has 0 aliphatic heterocycles. The number of rotatable bonds is 10. The van der Waals surface area contributed by atoms with E-state index in [1.165, 1.54) is 32.6 Å². The third-order valence-electron chi connectivity index (χ3n) is 3.99. The third-order valence-corrected chi connectivity index (χ3v) is 3.99. The predicted octanol–water partition coefficient (Wildman–Crippen LogP) is 5.19. The van der Waals surface area contributed by atoms with Gasteiger partial charge in [0.15, 0.2) is 5.78 Å². The molecule has 26 heavy (non-hydrogen) atoms. The molecular formula is C22H26O4. The minimum Gasteiger partial charge on any atom is -0.494 e. The van der Waals surface area contributed by atoms with Gasteiger partial charge in [-0.15, -0.1) is 0 Å². The van der Waals surface area contributed by atoms with Gasteiger partial charge in [-0.1, -0.05) is 44.7 Å². The van der Waals surface area contributed by atoms with E-state index in [2.05, 4.69) is 6.92 Å². The zero-order valence-electron chi connectivity index (χ0n) is 15.5. The van der Waals surface area contributed by atoms with E-state index in [0.717, 1.165) is 12.2 Å². The van der Waals surface area contributed by atoms with Crippen LogP contribution < -0.4 is 9.47 Å². The molecule has 0 aromatic heterocycles. The Bertz CT molecular complexity index is 719. The van der Waals surface area contributed by atoms with Crippen molar-refractivity contribution in [3.63, 3.8) is 0 Å². The molecule has 4 nitrogen and oxygen atoms in total. The summed E-state index contributed by atoms with van der Waals surface area (Å²) in [5, 5.41) is 0. The molecule has 0 spiro atoms. The maximum absolute atomic E-state index is 12.6. The third kappa shape index (κ3) is 6.36.